The van der Waals surface area contributed by atoms with Crippen LogP contribution in [0.25, 0.3) is 0 Å². The van der Waals surface area contributed by atoms with Crippen LogP contribution in [0.15, 0.2) is 35.7 Å². The zero-order valence-electron chi connectivity index (χ0n) is 15.5. The quantitative estimate of drug-likeness (QED) is 0.539. The lowest BCUT2D eigenvalue weighted by molar-refractivity contribution is -0.151. The van der Waals surface area contributed by atoms with Crippen LogP contribution in [0.5, 0.6) is 5.75 Å². The van der Waals surface area contributed by atoms with Crippen molar-refractivity contribution in [1.29, 1.82) is 0 Å². The van der Waals surface area contributed by atoms with Crippen molar-refractivity contribution in [3.05, 3.63) is 41.2 Å². The van der Waals surface area contributed by atoms with E-state index in [0.717, 1.165) is 5.56 Å². The van der Waals surface area contributed by atoms with E-state index in [0.29, 0.717) is 18.1 Å². The molecule has 2 aliphatic rings. The van der Waals surface area contributed by atoms with Crippen molar-refractivity contribution in [3.8, 4) is 5.75 Å². The van der Waals surface area contributed by atoms with Crippen LogP contribution in [0.4, 0.5) is 0 Å². The van der Waals surface area contributed by atoms with E-state index >= 15 is 0 Å². The molecule has 0 radical (unpaired) electrons. The number of ether oxygens (including phenoxy) is 3. The second-order valence-corrected chi connectivity index (χ2v) is 6.13. The number of esters is 2. The smallest absolute Gasteiger partial charge is 0.340 e. The Morgan fingerprint density at radius 1 is 1.08 bits per heavy atom. The Kier molecular flexibility index (Phi) is 4.31. The first-order valence-electron chi connectivity index (χ1n) is 8.18. The van der Waals surface area contributed by atoms with E-state index in [2.05, 4.69) is 10.6 Å². The molecule has 8 nitrogen and oxygen atoms in total. The van der Waals surface area contributed by atoms with E-state index in [1.165, 1.54) is 14.2 Å². The molecule has 0 unspecified atom stereocenters. The van der Waals surface area contributed by atoms with E-state index in [4.69, 9.17) is 14.2 Å². The van der Waals surface area contributed by atoms with Crippen molar-refractivity contribution in [2.75, 3.05) is 42.0 Å². The molecule has 0 aliphatic carbocycles. The highest BCUT2D eigenvalue weighted by molar-refractivity contribution is 6.05. The number of rotatable bonds is 6. The number of methoxy groups -OCH3 is 3. The molecule has 2 N–H and O–H groups in total. The molecule has 0 spiro atoms. The van der Waals surface area contributed by atoms with Gasteiger partial charge in [-0.1, -0.05) is 12.1 Å². The summed E-state index contributed by atoms with van der Waals surface area (Å²) in [6.07, 6.45) is 0. The minimum absolute atomic E-state index is 0.207. The zero-order valence-corrected chi connectivity index (χ0v) is 15.5. The molecule has 1 aromatic rings. The van der Waals surface area contributed by atoms with Gasteiger partial charge in [0.2, 0.25) is 0 Å². The van der Waals surface area contributed by atoms with Crippen LogP contribution >= 0.6 is 0 Å². The predicted octanol–water partition coefficient (Wildman–Crippen LogP) is -0.0451. The van der Waals surface area contributed by atoms with Crippen LogP contribution in [-0.2, 0) is 24.6 Å². The first-order valence-corrected chi connectivity index (χ1v) is 8.18. The fourth-order valence-electron chi connectivity index (χ4n) is 4.10. The normalized spacial score (nSPS) is 26.3. The van der Waals surface area contributed by atoms with Gasteiger partial charge in [-0.3, -0.25) is 5.32 Å². The van der Waals surface area contributed by atoms with Crippen molar-refractivity contribution in [3.63, 3.8) is 0 Å². The van der Waals surface area contributed by atoms with Gasteiger partial charge >= 0.3 is 11.9 Å². The van der Waals surface area contributed by atoms with Crippen molar-refractivity contribution < 1.29 is 23.8 Å². The van der Waals surface area contributed by atoms with E-state index < -0.39 is 23.0 Å². The Bertz CT molecular complexity index is 776. The number of nitrogens with zero attached hydrogens (tertiary/aromatic N) is 1. The van der Waals surface area contributed by atoms with E-state index in [1.54, 1.807) is 21.2 Å². The summed E-state index contributed by atoms with van der Waals surface area (Å²) in [7, 11) is 7.54. The second-order valence-electron chi connectivity index (χ2n) is 6.13. The number of carbonyl (C=O) groups is 2. The molecule has 0 saturated carbocycles. The molecule has 26 heavy (non-hydrogen) atoms. The maximum absolute atomic E-state index is 13.0. The van der Waals surface area contributed by atoms with Gasteiger partial charge in [-0.05, 0) is 24.7 Å². The van der Waals surface area contributed by atoms with Gasteiger partial charge in [0.15, 0.2) is 5.54 Å². The fourth-order valence-corrected chi connectivity index (χ4v) is 4.10. The molecular weight excluding hydrogens is 338 g/mol. The third-order valence-electron chi connectivity index (χ3n) is 5.31. The summed E-state index contributed by atoms with van der Waals surface area (Å²) in [5.41, 5.74) is -1.12. The average molecular weight is 361 g/mol. The van der Waals surface area contributed by atoms with Gasteiger partial charge < -0.3 is 24.4 Å². The van der Waals surface area contributed by atoms with Gasteiger partial charge in [0.25, 0.3) is 0 Å². The highest BCUT2D eigenvalue weighted by atomic mass is 16.5. The molecule has 0 bridgehead atoms. The van der Waals surface area contributed by atoms with Crippen molar-refractivity contribution in [1.82, 2.24) is 15.5 Å². The predicted molar refractivity (Wildman–Crippen MR) is 93.3 cm³/mol. The first kappa shape index (κ1) is 18.1. The molecule has 2 aliphatic heterocycles. The molecule has 2 heterocycles. The summed E-state index contributed by atoms with van der Waals surface area (Å²) in [4.78, 5) is 27.6. The average Bonchev–Trinajstić information content (AvgIpc) is 3.38. The number of likely N-dealkylation sites (N-methyl/N-ethyl adjacent to an activating group) is 1. The molecule has 2 atom stereocenters. The lowest BCUT2D eigenvalue weighted by Gasteiger charge is -2.35. The van der Waals surface area contributed by atoms with Crippen molar-refractivity contribution in [2.45, 2.75) is 11.1 Å². The van der Waals surface area contributed by atoms with Crippen LogP contribution in [0.2, 0.25) is 0 Å². The Labute approximate surface area is 152 Å². The molecule has 0 aromatic heterocycles. The summed E-state index contributed by atoms with van der Waals surface area (Å²) < 4.78 is 15.3. The monoisotopic (exact) mass is 361 g/mol. The second kappa shape index (κ2) is 6.21. The SMILES string of the molecule is CNC1=C(C(=O)OC)[C@](NC)(C(=O)OC)[C@]2(c3ccc(OC)cc3)CN12. The fraction of sp³-hybridized carbons (Fsp3) is 0.444. The molecule has 1 aromatic carbocycles. The van der Waals surface area contributed by atoms with Crippen LogP contribution in [-0.4, -0.2) is 64.3 Å². The zero-order chi connectivity index (χ0) is 19.1. The Morgan fingerprint density at radius 3 is 2.19 bits per heavy atom. The number of hydrogen-bond donors (Lipinski definition) is 2. The number of benzene rings is 1. The lowest BCUT2D eigenvalue weighted by Crippen LogP contribution is -2.62. The van der Waals surface area contributed by atoms with E-state index in [1.807, 2.05) is 29.2 Å². The number of fused-ring (bicyclic) bond motifs is 1. The summed E-state index contributed by atoms with van der Waals surface area (Å²) in [5.74, 6) is 0.115. The molecular formula is C18H23N3O5. The van der Waals surface area contributed by atoms with Crippen molar-refractivity contribution >= 4 is 11.9 Å². The maximum Gasteiger partial charge on any atom is 0.340 e. The van der Waals surface area contributed by atoms with Crippen LogP contribution in [0.1, 0.15) is 5.56 Å². The standard InChI is InChI=1S/C18H23N3O5/c1-19-14-13(15(22)25-4)18(20-2,16(23)26-5)17(10-21(14)17)11-6-8-12(24-3)9-7-11/h6-9,19-20H,10H2,1-5H3/t17-,18+,21?/m1/s1. The number of hydrogen-bond acceptors (Lipinski definition) is 8. The summed E-state index contributed by atoms with van der Waals surface area (Å²) in [5, 5.41) is 6.11. The third-order valence-corrected chi connectivity index (χ3v) is 5.31. The van der Waals surface area contributed by atoms with E-state index in [9.17, 15) is 9.59 Å². The van der Waals surface area contributed by atoms with Crippen molar-refractivity contribution in [2.24, 2.45) is 0 Å². The van der Waals surface area contributed by atoms with Crippen LogP contribution in [0.3, 0.4) is 0 Å². The topological polar surface area (TPSA) is 88.9 Å². The Morgan fingerprint density at radius 2 is 1.73 bits per heavy atom. The highest BCUT2D eigenvalue weighted by Gasteiger charge is 2.78. The number of nitrogens with one attached hydrogen (secondary N) is 2. The molecule has 1 fully saturated rings. The lowest BCUT2D eigenvalue weighted by atomic mass is 9.74. The largest absolute Gasteiger partial charge is 0.497 e. The minimum atomic E-state index is -1.40. The minimum Gasteiger partial charge on any atom is -0.497 e. The highest BCUT2D eigenvalue weighted by Crippen LogP contribution is 2.61. The third kappa shape index (κ3) is 1.99. The Hall–Kier alpha value is -2.74. The molecule has 0 amide bonds. The summed E-state index contributed by atoms with van der Waals surface area (Å²) in [6.45, 7) is 0.548. The Balaban J connectivity index is 2.24. The van der Waals surface area contributed by atoms with Gasteiger partial charge in [0.05, 0.1) is 27.9 Å². The first-order chi connectivity index (χ1) is 12.5. The summed E-state index contributed by atoms with van der Waals surface area (Å²) in [6, 6.07) is 7.43. The van der Waals surface area contributed by atoms with Gasteiger partial charge in [-0.25, -0.2) is 9.59 Å². The number of carbonyl (C=O) groups excluding carboxylic acids is 2. The maximum atomic E-state index is 13.0. The van der Waals surface area contributed by atoms with Gasteiger partial charge in [0, 0.05) is 7.05 Å². The molecule has 3 rings (SSSR count). The van der Waals surface area contributed by atoms with Crippen LogP contribution in [0, 0.1) is 0 Å². The van der Waals surface area contributed by atoms with Crippen LogP contribution < -0.4 is 15.4 Å². The van der Waals surface area contributed by atoms with Gasteiger partial charge in [0.1, 0.15) is 22.7 Å². The van der Waals surface area contributed by atoms with Gasteiger partial charge in [-0.2, -0.15) is 0 Å². The molecule has 8 heteroatoms. The van der Waals surface area contributed by atoms with Gasteiger partial charge in [-0.15, -0.1) is 0 Å². The molecule has 1 saturated heterocycles. The molecule has 140 valence electrons. The van der Waals surface area contributed by atoms with E-state index in [-0.39, 0.29) is 5.57 Å². The summed E-state index contributed by atoms with van der Waals surface area (Å²) >= 11 is 0.